The van der Waals surface area contributed by atoms with Crippen LogP contribution in [-0.4, -0.2) is 77.8 Å². The number of rotatable bonds is 13. The van der Waals surface area contributed by atoms with Gasteiger partial charge in [-0.25, -0.2) is 4.79 Å². The first-order valence-corrected chi connectivity index (χ1v) is 14.0. The quantitative estimate of drug-likeness (QED) is 0.260. The van der Waals surface area contributed by atoms with E-state index in [1.54, 1.807) is 18.9 Å². The highest BCUT2D eigenvalue weighted by molar-refractivity contribution is 5.90. The summed E-state index contributed by atoms with van der Waals surface area (Å²) in [5.41, 5.74) is -0.0705. The molecule has 0 aliphatic heterocycles. The molecule has 5 N–H and O–H groups in total. The largest absolute Gasteiger partial charge is 0.389 e. The van der Waals surface area contributed by atoms with E-state index in [1.807, 2.05) is 71.9 Å². The standard InChI is InChI=1S/C30H53N5O4/c1-20(2)16-17-35(28(39)34-30(7,8)9)19-24(36)23(18-22-14-12-11-13-15-22)32-27(38)25(29(4,5)6)33-26(37)21(3)31-10/h11-15,20-21,23-25,31,36H,16-19H2,1-10H3,(H,32,38)(H,33,37)(H,34,39)/t21-,23-,24+,25+/m0/s1. The number of nitrogens with one attached hydrogen (secondary N) is 4. The van der Waals surface area contributed by atoms with Crippen LogP contribution in [0.1, 0.15) is 74.3 Å². The molecule has 0 unspecified atom stereocenters. The van der Waals surface area contributed by atoms with Crippen molar-refractivity contribution in [2.75, 3.05) is 20.1 Å². The summed E-state index contributed by atoms with van der Waals surface area (Å²) in [5.74, 6) is -0.290. The molecule has 1 rings (SSSR count). The van der Waals surface area contributed by atoms with Gasteiger partial charge in [-0.1, -0.05) is 65.0 Å². The Morgan fingerprint density at radius 1 is 0.923 bits per heavy atom. The van der Waals surface area contributed by atoms with Crippen molar-refractivity contribution in [2.45, 2.75) is 105 Å². The van der Waals surface area contributed by atoms with Crippen LogP contribution in [0.3, 0.4) is 0 Å². The zero-order valence-electron chi connectivity index (χ0n) is 25.7. The van der Waals surface area contributed by atoms with Crippen molar-refractivity contribution >= 4 is 17.8 Å². The van der Waals surface area contributed by atoms with E-state index in [0.717, 1.165) is 12.0 Å². The average Bonchev–Trinajstić information content (AvgIpc) is 2.82. The van der Waals surface area contributed by atoms with Crippen LogP contribution in [0.25, 0.3) is 0 Å². The highest BCUT2D eigenvalue weighted by Crippen LogP contribution is 2.21. The fraction of sp³-hybridized carbons (Fsp3) is 0.700. The van der Waals surface area contributed by atoms with E-state index < -0.39 is 35.2 Å². The van der Waals surface area contributed by atoms with E-state index in [1.165, 1.54) is 0 Å². The fourth-order valence-electron chi connectivity index (χ4n) is 3.93. The molecule has 1 aromatic carbocycles. The molecule has 0 bridgehead atoms. The number of benzene rings is 1. The Labute approximate surface area is 235 Å². The van der Waals surface area contributed by atoms with Crippen LogP contribution >= 0.6 is 0 Å². The lowest BCUT2D eigenvalue weighted by Gasteiger charge is -2.35. The Kier molecular flexibility index (Phi) is 13.4. The van der Waals surface area contributed by atoms with Crippen LogP contribution in [0.15, 0.2) is 30.3 Å². The second kappa shape index (κ2) is 15.2. The Morgan fingerprint density at radius 2 is 1.51 bits per heavy atom. The van der Waals surface area contributed by atoms with Gasteiger partial charge in [-0.15, -0.1) is 0 Å². The molecule has 0 saturated carbocycles. The molecule has 0 fully saturated rings. The molecule has 1 aromatic rings. The molecule has 0 heterocycles. The normalized spacial score (nSPS) is 15.2. The maximum absolute atomic E-state index is 13.6. The molecule has 0 aliphatic rings. The summed E-state index contributed by atoms with van der Waals surface area (Å²) in [7, 11) is 1.68. The van der Waals surface area contributed by atoms with Gasteiger partial charge in [0.05, 0.1) is 24.7 Å². The predicted octanol–water partition coefficient (Wildman–Crippen LogP) is 3.07. The van der Waals surface area contributed by atoms with Crippen molar-refractivity contribution in [3.63, 3.8) is 0 Å². The molecular weight excluding hydrogens is 494 g/mol. The number of amides is 4. The number of aliphatic hydroxyl groups excluding tert-OH is 1. The highest BCUT2D eigenvalue weighted by Gasteiger charge is 2.36. The molecule has 0 saturated heterocycles. The molecule has 0 radical (unpaired) electrons. The van der Waals surface area contributed by atoms with Crippen molar-refractivity contribution in [2.24, 2.45) is 11.3 Å². The number of hydrogen-bond donors (Lipinski definition) is 5. The number of hydrogen-bond acceptors (Lipinski definition) is 5. The molecule has 0 spiro atoms. The van der Waals surface area contributed by atoms with Crippen molar-refractivity contribution in [1.29, 1.82) is 0 Å². The van der Waals surface area contributed by atoms with Crippen molar-refractivity contribution in [3.8, 4) is 0 Å². The zero-order valence-corrected chi connectivity index (χ0v) is 25.7. The van der Waals surface area contributed by atoms with E-state index in [4.69, 9.17) is 0 Å². The lowest BCUT2D eigenvalue weighted by atomic mass is 9.85. The third-order valence-electron chi connectivity index (χ3n) is 6.48. The molecule has 39 heavy (non-hydrogen) atoms. The molecular formula is C30H53N5O4. The number of aliphatic hydroxyl groups is 1. The molecule has 9 nitrogen and oxygen atoms in total. The molecule has 222 valence electrons. The van der Waals surface area contributed by atoms with E-state index >= 15 is 0 Å². The van der Waals surface area contributed by atoms with Crippen LogP contribution in [0.4, 0.5) is 4.79 Å². The Morgan fingerprint density at radius 3 is 2.00 bits per heavy atom. The Hall–Kier alpha value is -2.65. The summed E-state index contributed by atoms with van der Waals surface area (Å²) in [6.45, 7) is 17.8. The van der Waals surface area contributed by atoms with Gasteiger partial charge in [0.1, 0.15) is 6.04 Å². The van der Waals surface area contributed by atoms with Crippen LogP contribution in [0.5, 0.6) is 0 Å². The summed E-state index contributed by atoms with van der Waals surface area (Å²) in [6.07, 6.45) is 0.103. The van der Waals surface area contributed by atoms with Crippen molar-refractivity contribution < 1.29 is 19.5 Å². The van der Waals surface area contributed by atoms with Gasteiger partial charge in [0, 0.05) is 12.1 Å². The molecule has 4 amide bonds. The van der Waals surface area contributed by atoms with E-state index in [2.05, 4.69) is 35.1 Å². The fourth-order valence-corrected chi connectivity index (χ4v) is 3.93. The van der Waals surface area contributed by atoms with Gasteiger partial charge in [0.25, 0.3) is 0 Å². The van der Waals surface area contributed by atoms with Crippen LogP contribution in [0.2, 0.25) is 0 Å². The van der Waals surface area contributed by atoms with E-state index in [9.17, 15) is 19.5 Å². The lowest BCUT2D eigenvalue weighted by molar-refractivity contribution is -0.133. The zero-order chi connectivity index (χ0) is 30.0. The maximum Gasteiger partial charge on any atom is 0.317 e. The van der Waals surface area contributed by atoms with Crippen LogP contribution in [-0.2, 0) is 16.0 Å². The van der Waals surface area contributed by atoms with Crippen molar-refractivity contribution in [3.05, 3.63) is 35.9 Å². The van der Waals surface area contributed by atoms with Crippen LogP contribution in [0, 0.1) is 11.3 Å². The number of carbonyl (C=O) groups is 3. The summed E-state index contributed by atoms with van der Waals surface area (Å²) >= 11 is 0. The van der Waals surface area contributed by atoms with Gasteiger partial charge in [0.2, 0.25) is 11.8 Å². The summed E-state index contributed by atoms with van der Waals surface area (Å²) < 4.78 is 0. The third-order valence-corrected chi connectivity index (χ3v) is 6.48. The summed E-state index contributed by atoms with van der Waals surface area (Å²) in [6, 6.07) is 7.36. The summed E-state index contributed by atoms with van der Waals surface area (Å²) in [4.78, 5) is 41.0. The molecule has 0 aromatic heterocycles. The van der Waals surface area contributed by atoms with Crippen LogP contribution < -0.4 is 21.3 Å². The van der Waals surface area contributed by atoms with Gasteiger partial charge in [0.15, 0.2) is 0 Å². The van der Waals surface area contributed by atoms with E-state index in [0.29, 0.717) is 18.9 Å². The first-order chi connectivity index (χ1) is 17.9. The number of nitrogens with zero attached hydrogens (tertiary/aromatic N) is 1. The monoisotopic (exact) mass is 547 g/mol. The van der Waals surface area contributed by atoms with Gasteiger partial charge in [-0.05, 0) is 64.5 Å². The summed E-state index contributed by atoms with van der Waals surface area (Å²) in [5, 5.41) is 23.2. The lowest BCUT2D eigenvalue weighted by Crippen LogP contribution is -2.60. The van der Waals surface area contributed by atoms with Gasteiger partial charge in [-0.2, -0.15) is 0 Å². The third kappa shape index (κ3) is 12.8. The second-order valence-corrected chi connectivity index (χ2v) is 13.0. The predicted molar refractivity (Wildman–Crippen MR) is 157 cm³/mol. The number of urea groups is 1. The minimum atomic E-state index is -1.04. The topological polar surface area (TPSA) is 123 Å². The van der Waals surface area contributed by atoms with Gasteiger partial charge < -0.3 is 31.3 Å². The Balaban J connectivity index is 3.25. The first kappa shape index (κ1) is 34.4. The highest BCUT2D eigenvalue weighted by atomic mass is 16.3. The SMILES string of the molecule is CN[C@@H](C)C(=O)N[C@H](C(=O)N[C@@H](Cc1ccccc1)[C@H](O)CN(CCC(C)C)C(=O)NC(C)(C)C)C(C)(C)C. The van der Waals surface area contributed by atoms with E-state index in [-0.39, 0.29) is 24.4 Å². The first-order valence-electron chi connectivity index (χ1n) is 14.0. The minimum absolute atomic E-state index is 0.0513. The minimum Gasteiger partial charge on any atom is -0.389 e. The molecule has 4 atom stereocenters. The van der Waals surface area contributed by atoms with Gasteiger partial charge >= 0.3 is 6.03 Å². The van der Waals surface area contributed by atoms with Crippen molar-refractivity contribution in [1.82, 2.24) is 26.2 Å². The second-order valence-electron chi connectivity index (χ2n) is 13.0. The maximum atomic E-state index is 13.6. The smallest absolute Gasteiger partial charge is 0.317 e. The number of carbonyl (C=O) groups excluding carboxylic acids is 3. The van der Waals surface area contributed by atoms with Gasteiger partial charge in [-0.3, -0.25) is 9.59 Å². The number of likely N-dealkylation sites (N-methyl/N-ethyl adjacent to an activating group) is 1. The molecule has 9 heteroatoms. The molecule has 0 aliphatic carbocycles. The average molecular weight is 548 g/mol. The Bertz CT molecular complexity index is 908.